The number of aryl methyl sites for hydroxylation is 1. The number of carboxylic acids is 1. The summed E-state index contributed by atoms with van der Waals surface area (Å²) in [6.07, 6.45) is 0.0361. The van der Waals surface area contributed by atoms with E-state index in [4.69, 9.17) is 5.11 Å². The number of carbonyl (C=O) groups excluding carboxylic acids is 1. The molecular weight excluding hydrogens is 312 g/mol. The number of halogens is 1. The van der Waals surface area contributed by atoms with E-state index in [9.17, 15) is 9.59 Å². The van der Waals surface area contributed by atoms with Crippen molar-refractivity contribution in [1.29, 1.82) is 0 Å². The van der Waals surface area contributed by atoms with Crippen molar-refractivity contribution < 1.29 is 14.7 Å². The minimum atomic E-state index is -0.865. The SMILES string of the molecule is Cc1cccc(NC(=O)NCC(C)CC(=O)O)c1Br. The maximum absolute atomic E-state index is 11.7. The highest BCUT2D eigenvalue weighted by molar-refractivity contribution is 9.10. The molecule has 0 aliphatic heterocycles. The van der Waals surface area contributed by atoms with Gasteiger partial charge in [0.15, 0.2) is 0 Å². The zero-order valence-electron chi connectivity index (χ0n) is 10.9. The van der Waals surface area contributed by atoms with Crippen molar-refractivity contribution in [2.24, 2.45) is 5.92 Å². The Morgan fingerprint density at radius 2 is 2.11 bits per heavy atom. The van der Waals surface area contributed by atoms with E-state index >= 15 is 0 Å². The second kappa shape index (κ2) is 7.13. The number of rotatable bonds is 5. The third-order valence-corrected chi connectivity index (χ3v) is 3.63. The molecule has 1 atom stereocenters. The van der Waals surface area contributed by atoms with Crippen LogP contribution in [0.5, 0.6) is 0 Å². The molecule has 5 nitrogen and oxygen atoms in total. The fourth-order valence-electron chi connectivity index (χ4n) is 1.55. The summed E-state index contributed by atoms with van der Waals surface area (Å²) in [6.45, 7) is 4.03. The van der Waals surface area contributed by atoms with Gasteiger partial charge in [0.1, 0.15) is 0 Å². The number of benzene rings is 1. The standard InChI is InChI=1S/C13H17BrN2O3/c1-8(6-11(17)18)7-15-13(19)16-10-5-3-4-9(2)12(10)14/h3-5,8H,6-7H2,1-2H3,(H,17,18)(H2,15,16,19). The predicted molar refractivity (Wildman–Crippen MR) is 77.3 cm³/mol. The molecular formula is C13H17BrN2O3. The van der Waals surface area contributed by atoms with E-state index in [0.717, 1.165) is 10.0 Å². The molecule has 19 heavy (non-hydrogen) atoms. The van der Waals surface area contributed by atoms with Crippen LogP contribution in [-0.4, -0.2) is 23.7 Å². The molecule has 0 aliphatic rings. The number of hydrogen-bond acceptors (Lipinski definition) is 2. The summed E-state index contributed by atoms with van der Waals surface area (Å²) in [6, 6.07) is 5.23. The van der Waals surface area contributed by atoms with Crippen LogP contribution in [0.4, 0.5) is 10.5 Å². The number of carboxylic acid groups (broad SMARTS) is 1. The van der Waals surface area contributed by atoms with E-state index in [2.05, 4.69) is 26.6 Å². The molecule has 0 saturated heterocycles. The van der Waals surface area contributed by atoms with Gasteiger partial charge in [0, 0.05) is 17.4 Å². The van der Waals surface area contributed by atoms with E-state index in [1.54, 1.807) is 13.0 Å². The first-order valence-electron chi connectivity index (χ1n) is 5.92. The monoisotopic (exact) mass is 328 g/mol. The third kappa shape index (κ3) is 5.30. The Morgan fingerprint density at radius 3 is 2.74 bits per heavy atom. The van der Waals surface area contributed by atoms with Gasteiger partial charge in [-0.25, -0.2) is 4.79 Å². The van der Waals surface area contributed by atoms with Gasteiger partial charge in [-0.05, 0) is 40.4 Å². The molecule has 6 heteroatoms. The van der Waals surface area contributed by atoms with Crippen molar-refractivity contribution in [2.45, 2.75) is 20.3 Å². The molecule has 1 aromatic carbocycles. The van der Waals surface area contributed by atoms with Crippen molar-refractivity contribution in [2.75, 3.05) is 11.9 Å². The normalized spacial score (nSPS) is 11.7. The zero-order valence-corrected chi connectivity index (χ0v) is 12.5. The fourth-order valence-corrected chi connectivity index (χ4v) is 1.91. The lowest BCUT2D eigenvalue weighted by molar-refractivity contribution is -0.137. The largest absolute Gasteiger partial charge is 0.481 e. The summed E-state index contributed by atoms with van der Waals surface area (Å²) >= 11 is 3.40. The molecule has 1 rings (SSSR count). The van der Waals surface area contributed by atoms with Gasteiger partial charge in [-0.1, -0.05) is 19.1 Å². The summed E-state index contributed by atoms with van der Waals surface area (Å²) in [4.78, 5) is 22.2. The summed E-state index contributed by atoms with van der Waals surface area (Å²) < 4.78 is 0.837. The van der Waals surface area contributed by atoms with Gasteiger partial charge >= 0.3 is 12.0 Å². The highest BCUT2D eigenvalue weighted by Gasteiger charge is 2.10. The maximum atomic E-state index is 11.7. The van der Waals surface area contributed by atoms with E-state index in [1.165, 1.54) is 0 Å². The van der Waals surface area contributed by atoms with Crippen molar-refractivity contribution >= 4 is 33.6 Å². The average Bonchev–Trinajstić information content (AvgIpc) is 2.32. The van der Waals surface area contributed by atoms with E-state index in [1.807, 2.05) is 19.1 Å². The van der Waals surface area contributed by atoms with Crippen LogP contribution in [-0.2, 0) is 4.79 Å². The summed E-state index contributed by atoms with van der Waals surface area (Å²) in [5, 5.41) is 14.0. The van der Waals surface area contributed by atoms with Crippen LogP contribution in [0.1, 0.15) is 18.9 Å². The second-order valence-electron chi connectivity index (χ2n) is 4.47. The van der Waals surface area contributed by atoms with Crippen LogP contribution in [0.2, 0.25) is 0 Å². The third-order valence-electron chi connectivity index (χ3n) is 2.57. The molecule has 0 bridgehead atoms. The van der Waals surface area contributed by atoms with Crippen molar-refractivity contribution in [1.82, 2.24) is 5.32 Å². The molecule has 0 radical (unpaired) electrons. The highest BCUT2D eigenvalue weighted by Crippen LogP contribution is 2.25. The topological polar surface area (TPSA) is 78.4 Å². The van der Waals surface area contributed by atoms with Gasteiger partial charge in [-0.3, -0.25) is 4.79 Å². The van der Waals surface area contributed by atoms with Gasteiger partial charge < -0.3 is 15.7 Å². The smallest absolute Gasteiger partial charge is 0.319 e. The number of amides is 2. The first-order valence-corrected chi connectivity index (χ1v) is 6.71. The second-order valence-corrected chi connectivity index (χ2v) is 5.27. The van der Waals surface area contributed by atoms with Gasteiger partial charge in [0.05, 0.1) is 5.69 Å². The van der Waals surface area contributed by atoms with Crippen LogP contribution < -0.4 is 10.6 Å². The van der Waals surface area contributed by atoms with E-state index < -0.39 is 5.97 Å². The van der Waals surface area contributed by atoms with E-state index in [0.29, 0.717) is 12.2 Å². The maximum Gasteiger partial charge on any atom is 0.319 e. The number of hydrogen-bond donors (Lipinski definition) is 3. The number of aliphatic carboxylic acids is 1. The summed E-state index contributed by atoms with van der Waals surface area (Å²) in [5.74, 6) is -0.972. The first kappa shape index (κ1) is 15.5. The number of urea groups is 1. The Balaban J connectivity index is 2.47. The molecule has 104 valence electrons. The molecule has 0 spiro atoms. The Labute approximate surface area is 120 Å². The Hall–Kier alpha value is -1.56. The minimum Gasteiger partial charge on any atom is -0.481 e. The molecule has 0 aromatic heterocycles. The lowest BCUT2D eigenvalue weighted by atomic mass is 10.1. The number of nitrogens with one attached hydrogen (secondary N) is 2. The van der Waals surface area contributed by atoms with Gasteiger partial charge in [0.2, 0.25) is 0 Å². The van der Waals surface area contributed by atoms with Crippen LogP contribution in [0, 0.1) is 12.8 Å². The molecule has 2 amide bonds. The number of anilines is 1. The molecule has 1 unspecified atom stereocenters. The fraction of sp³-hybridized carbons (Fsp3) is 0.385. The molecule has 0 fully saturated rings. The zero-order chi connectivity index (χ0) is 14.4. The lowest BCUT2D eigenvalue weighted by Crippen LogP contribution is -2.33. The Bertz CT molecular complexity index is 477. The predicted octanol–water partition coefficient (Wildman–Crippen LogP) is 2.99. The average molecular weight is 329 g/mol. The van der Waals surface area contributed by atoms with Crippen LogP contribution in [0.25, 0.3) is 0 Å². The summed E-state index contributed by atoms with van der Waals surface area (Å²) in [7, 11) is 0. The Morgan fingerprint density at radius 1 is 1.42 bits per heavy atom. The van der Waals surface area contributed by atoms with Crippen LogP contribution in [0.3, 0.4) is 0 Å². The quantitative estimate of drug-likeness (QED) is 0.777. The molecule has 0 saturated carbocycles. The van der Waals surface area contributed by atoms with Gasteiger partial charge in [-0.15, -0.1) is 0 Å². The van der Waals surface area contributed by atoms with Crippen molar-refractivity contribution in [3.05, 3.63) is 28.2 Å². The summed E-state index contributed by atoms with van der Waals surface area (Å²) in [5.41, 5.74) is 1.71. The highest BCUT2D eigenvalue weighted by atomic mass is 79.9. The minimum absolute atomic E-state index is 0.0361. The molecule has 0 aliphatic carbocycles. The molecule has 1 aromatic rings. The van der Waals surface area contributed by atoms with E-state index in [-0.39, 0.29) is 18.4 Å². The molecule has 3 N–H and O–H groups in total. The first-order chi connectivity index (χ1) is 8.90. The lowest BCUT2D eigenvalue weighted by Gasteiger charge is -2.13. The molecule has 0 heterocycles. The van der Waals surface area contributed by atoms with Crippen LogP contribution in [0.15, 0.2) is 22.7 Å². The van der Waals surface area contributed by atoms with Gasteiger partial charge in [0.25, 0.3) is 0 Å². The Kier molecular flexibility index (Phi) is 5.82. The van der Waals surface area contributed by atoms with Crippen molar-refractivity contribution in [3.63, 3.8) is 0 Å². The number of carbonyl (C=O) groups is 2. The van der Waals surface area contributed by atoms with Crippen LogP contribution >= 0.6 is 15.9 Å². The van der Waals surface area contributed by atoms with Gasteiger partial charge in [-0.2, -0.15) is 0 Å². The van der Waals surface area contributed by atoms with Crippen molar-refractivity contribution in [3.8, 4) is 0 Å².